The van der Waals surface area contributed by atoms with Crippen LogP contribution in [0.5, 0.6) is 0 Å². The number of carboxylic acid groups (broad SMARTS) is 1. The standard InChI is InChI=1S/C16H20F3NO4/c1-15(2,10-5-4-6-11(9-10)16(17,18)19)14(23)20-12(13(21)22)7-8-24-3/h4-6,9,12H,7-8H2,1-3H3,(H,20,23)(H,21,22). The van der Waals surface area contributed by atoms with Crippen molar-refractivity contribution in [3.63, 3.8) is 0 Å². The number of amides is 1. The Hall–Kier alpha value is -2.09. The molecule has 0 heterocycles. The van der Waals surface area contributed by atoms with Gasteiger partial charge in [-0.05, 0) is 25.5 Å². The molecule has 0 spiro atoms. The molecule has 1 unspecified atom stereocenters. The number of rotatable bonds is 7. The van der Waals surface area contributed by atoms with Crippen LogP contribution in [0, 0.1) is 0 Å². The first kappa shape index (κ1) is 20.0. The minimum absolute atomic E-state index is 0.0518. The number of carbonyl (C=O) groups is 2. The molecule has 134 valence electrons. The van der Waals surface area contributed by atoms with Crippen molar-refractivity contribution in [3.8, 4) is 0 Å². The van der Waals surface area contributed by atoms with E-state index in [0.717, 1.165) is 12.1 Å². The second-order valence-corrected chi connectivity index (χ2v) is 5.85. The van der Waals surface area contributed by atoms with E-state index in [-0.39, 0.29) is 18.6 Å². The Bertz CT molecular complexity index is 599. The summed E-state index contributed by atoms with van der Waals surface area (Å²) < 4.78 is 43.2. The van der Waals surface area contributed by atoms with E-state index in [2.05, 4.69) is 5.32 Å². The summed E-state index contributed by atoms with van der Waals surface area (Å²) in [7, 11) is 1.40. The molecule has 0 radical (unpaired) electrons. The lowest BCUT2D eigenvalue weighted by Gasteiger charge is -2.27. The summed E-state index contributed by atoms with van der Waals surface area (Å²) in [6.07, 6.45) is -4.47. The number of alkyl halides is 3. The number of carboxylic acids is 1. The zero-order valence-corrected chi connectivity index (χ0v) is 13.6. The average Bonchev–Trinajstić information content (AvgIpc) is 2.50. The summed E-state index contributed by atoms with van der Waals surface area (Å²) >= 11 is 0. The van der Waals surface area contributed by atoms with Gasteiger partial charge in [0.25, 0.3) is 0 Å². The predicted octanol–water partition coefficient (Wildman–Crippen LogP) is 2.59. The van der Waals surface area contributed by atoms with Gasteiger partial charge < -0.3 is 15.2 Å². The topological polar surface area (TPSA) is 75.6 Å². The van der Waals surface area contributed by atoms with Crippen LogP contribution in [0.3, 0.4) is 0 Å². The van der Waals surface area contributed by atoms with E-state index in [0.29, 0.717) is 0 Å². The Labute approximate surface area is 137 Å². The molecular weight excluding hydrogens is 327 g/mol. The summed E-state index contributed by atoms with van der Waals surface area (Å²) in [4.78, 5) is 23.6. The van der Waals surface area contributed by atoms with Crippen LogP contribution in [0.25, 0.3) is 0 Å². The van der Waals surface area contributed by atoms with Gasteiger partial charge in [0, 0.05) is 20.1 Å². The molecule has 0 aliphatic heterocycles. The van der Waals surface area contributed by atoms with Crippen molar-refractivity contribution in [2.45, 2.75) is 37.9 Å². The molecule has 8 heteroatoms. The third-order valence-corrected chi connectivity index (χ3v) is 3.69. The highest BCUT2D eigenvalue weighted by Gasteiger charge is 2.36. The molecule has 1 aromatic rings. The van der Waals surface area contributed by atoms with Gasteiger partial charge in [0.2, 0.25) is 5.91 Å². The fourth-order valence-electron chi connectivity index (χ4n) is 2.05. The normalized spacial score (nSPS) is 13.4. The number of carbonyl (C=O) groups excluding carboxylic acids is 1. The average molecular weight is 347 g/mol. The third kappa shape index (κ3) is 4.95. The summed E-state index contributed by atoms with van der Waals surface area (Å²) in [5.74, 6) is -1.91. The fourth-order valence-corrected chi connectivity index (χ4v) is 2.05. The number of halogens is 3. The van der Waals surface area contributed by atoms with Gasteiger partial charge in [-0.3, -0.25) is 4.79 Å². The quantitative estimate of drug-likeness (QED) is 0.795. The van der Waals surface area contributed by atoms with Gasteiger partial charge in [-0.15, -0.1) is 0 Å². The zero-order chi connectivity index (χ0) is 18.5. The molecule has 1 aromatic carbocycles. The highest BCUT2D eigenvalue weighted by atomic mass is 19.4. The number of ether oxygens (including phenoxy) is 1. The van der Waals surface area contributed by atoms with Gasteiger partial charge in [-0.25, -0.2) is 4.79 Å². The van der Waals surface area contributed by atoms with Crippen molar-refractivity contribution in [1.82, 2.24) is 5.32 Å². The molecule has 0 saturated carbocycles. The van der Waals surface area contributed by atoms with Crippen molar-refractivity contribution >= 4 is 11.9 Å². The number of hydrogen-bond acceptors (Lipinski definition) is 3. The Morgan fingerprint density at radius 1 is 1.25 bits per heavy atom. The summed E-state index contributed by atoms with van der Waals surface area (Å²) in [5, 5.41) is 11.5. The van der Waals surface area contributed by atoms with Gasteiger partial charge in [0.15, 0.2) is 0 Å². The first-order valence-electron chi connectivity index (χ1n) is 7.20. The summed E-state index contributed by atoms with van der Waals surface area (Å²) in [6, 6.07) is 3.25. The van der Waals surface area contributed by atoms with Crippen LogP contribution >= 0.6 is 0 Å². The maximum atomic E-state index is 12.8. The zero-order valence-electron chi connectivity index (χ0n) is 13.6. The van der Waals surface area contributed by atoms with E-state index in [9.17, 15) is 22.8 Å². The van der Waals surface area contributed by atoms with E-state index in [4.69, 9.17) is 9.84 Å². The molecular formula is C16H20F3NO4. The van der Waals surface area contributed by atoms with Crippen molar-refractivity contribution in [2.75, 3.05) is 13.7 Å². The molecule has 1 atom stereocenters. The second-order valence-electron chi connectivity index (χ2n) is 5.85. The highest BCUT2D eigenvalue weighted by molar-refractivity contribution is 5.90. The van der Waals surface area contributed by atoms with Gasteiger partial charge in [-0.2, -0.15) is 13.2 Å². The summed E-state index contributed by atoms with van der Waals surface area (Å²) in [5.41, 5.74) is -2.05. The number of hydrogen-bond donors (Lipinski definition) is 2. The number of benzene rings is 1. The number of methoxy groups -OCH3 is 1. The summed E-state index contributed by atoms with van der Waals surface area (Å²) in [6.45, 7) is 3.00. The lowest BCUT2D eigenvalue weighted by Crippen LogP contribution is -2.48. The Balaban J connectivity index is 3.01. The SMILES string of the molecule is COCCC(NC(=O)C(C)(C)c1cccc(C(F)(F)F)c1)C(=O)O. The van der Waals surface area contributed by atoms with Gasteiger partial charge in [-0.1, -0.05) is 18.2 Å². The van der Waals surface area contributed by atoms with E-state index in [1.807, 2.05) is 0 Å². The molecule has 0 saturated heterocycles. The minimum atomic E-state index is -4.52. The molecule has 0 aliphatic rings. The molecule has 0 bridgehead atoms. The first-order chi connectivity index (χ1) is 11.0. The molecule has 0 aliphatic carbocycles. The van der Waals surface area contributed by atoms with Crippen LogP contribution in [-0.4, -0.2) is 36.7 Å². The Kier molecular flexibility index (Phi) is 6.36. The number of nitrogens with one attached hydrogen (secondary N) is 1. The predicted molar refractivity (Wildman–Crippen MR) is 80.5 cm³/mol. The molecule has 1 amide bonds. The largest absolute Gasteiger partial charge is 0.480 e. The van der Waals surface area contributed by atoms with Crippen molar-refractivity contribution in [3.05, 3.63) is 35.4 Å². The third-order valence-electron chi connectivity index (χ3n) is 3.69. The van der Waals surface area contributed by atoms with Crippen LogP contribution < -0.4 is 5.32 Å². The molecule has 0 fully saturated rings. The van der Waals surface area contributed by atoms with E-state index >= 15 is 0 Å². The molecule has 24 heavy (non-hydrogen) atoms. The lowest BCUT2D eigenvalue weighted by atomic mass is 9.82. The van der Waals surface area contributed by atoms with Crippen molar-refractivity contribution in [2.24, 2.45) is 0 Å². The molecule has 1 rings (SSSR count). The fraction of sp³-hybridized carbons (Fsp3) is 0.500. The Morgan fingerprint density at radius 2 is 1.83 bits per heavy atom. The van der Waals surface area contributed by atoms with Crippen LogP contribution in [-0.2, 0) is 25.9 Å². The van der Waals surface area contributed by atoms with Gasteiger partial charge in [0.05, 0.1) is 11.0 Å². The van der Waals surface area contributed by atoms with Crippen LogP contribution in [0.1, 0.15) is 31.4 Å². The van der Waals surface area contributed by atoms with E-state index in [1.54, 1.807) is 0 Å². The van der Waals surface area contributed by atoms with Crippen LogP contribution in [0.2, 0.25) is 0 Å². The maximum absolute atomic E-state index is 12.8. The minimum Gasteiger partial charge on any atom is -0.480 e. The van der Waals surface area contributed by atoms with E-state index in [1.165, 1.54) is 33.1 Å². The Morgan fingerprint density at radius 3 is 2.33 bits per heavy atom. The molecule has 0 aromatic heterocycles. The smallest absolute Gasteiger partial charge is 0.416 e. The van der Waals surface area contributed by atoms with Crippen molar-refractivity contribution in [1.29, 1.82) is 0 Å². The second kappa shape index (κ2) is 7.65. The lowest BCUT2D eigenvalue weighted by molar-refractivity contribution is -0.143. The monoisotopic (exact) mass is 347 g/mol. The molecule has 2 N–H and O–H groups in total. The maximum Gasteiger partial charge on any atom is 0.416 e. The highest BCUT2D eigenvalue weighted by Crippen LogP contribution is 2.33. The van der Waals surface area contributed by atoms with E-state index < -0.39 is 35.1 Å². The van der Waals surface area contributed by atoms with Gasteiger partial charge in [0.1, 0.15) is 6.04 Å². The molecule has 5 nitrogen and oxygen atoms in total. The van der Waals surface area contributed by atoms with Crippen molar-refractivity contribution < 1.29 is 32.6 Å². The first-order valence-corrected chi connectivity index (χ1v) is 7.20. The van der Waals surface area contributed by atoms with Crippen LogP contribution in [0.4, 0.5) is 13.2 Å². The van der Waals surface area contributed by atoms with Gasteiger partial charge >= 0.3 is 12.1 Å². The van der Waals surface area contributed by atoms with Crippen LogP contribution in [0.15, 0.2) is 24.3 Å². The number of aliphatic carboxylic acids is 1.